The van der Waals surface area contributed by atoms with Gasteiger partial charge in [-0.05, 0) is 36.6 Å². The van der Waals surface area contributed by atoms with Crippen LogP contribution in [0.25, 0.3) is 5.69 Å². The van der Waals surface area contributed by atoms with Gasteiger partial charge in [0.1, 0.15) is 0 Å². The first kappa shape index (κ1) is 15.0. The third-order valence-electron chi connectivity index (χ3n) is 3.69. The Morgan fingerprint density at radius 3 is 2.65 bits per heavy atom. The van der Waals surface area contributed by atoms with Crippen molar-refractivity contribution in [3.05, 3.63) is 71.5 Å². The summed E-state index contributed by atoms with van der Waals surface area (Å²) in [6.45, 7) is 4.05. The summed E-state index contributed by atoms with van der Waals surface area (Å²) < 4.78 is 0. The second-order valence-electron chi connectivity index (χ2n) is 5.27. The number of nitrogens with zero attached hydrogens (tertiary/aromatic N) is 3. The number of para-hydroxylation sites is 2. The van der Waals surface area contributed by atoms with Crippen molar-refractivity contribution in [2.75, 3.05) is 5.32 Å². The number of aromatic nitrogens is 3. The van der Waals surface area contributed by atoms with E-state index in [1.807, 2.05) is 55.5 Å². The molecule has 0 spiro atoms. The van der Waals surface area contributed by atoms with Crippen LogP contribution >= 0.6 is 0 Å². The van der Waals surface area contributed by atoms with Gasteiger partial charge in [0.05, 0.1) is 11.9 Å². The summed E-state index contributed by atoms with van der Waals surface area (Å²) in [5, 5.41) is 11.4. The summed E-state index contributed by atoms with van der Waals surface area (Å²) in [7, 11) is 0. The Morgan fingerprint density at radius 1 is 1.13 bits per heavy atom. The van der Waals surface area contributed by atoms with Gasteiger partial charge in [0.15, 0.2) is 5.69 Å². The summed E-state index contributed by atoms with van der Waals surface area (Å²) in [5.74, 6) is -0.254. The first-order valence-electron chi connectivity index (χ1n) is 7.56. The van der Waals surface area contributed by atoms with Gasteiger partial charge in [-0.2, -0.15) is 9.90 Å². The highest BCUT2D eigenvalue weighted by atomic mass is 16.2. The zero-order valence-corrected chi connectivity index (χ0v) is 13.2. The average Bonchev–Trinajstić information content (AvgIpc) is 3.07. The monoisotopic (exact) mass is 306 g/mol. The molecule has 0 bridgehead atoms. The summed E-state index contributed by atoms with van der Waals surface area (Å²) in [6.07, 6.45) is 2.33. The Kier molecular flexibility index (Phi) is 4.19. The van der Waals surface area contributed by atoms with Gasteiger partial charge < -0.3 is 5.32 Å². The fourth-order valence-electron chi connectivity index (χ4n) is 2.43. The number of hydrogen-bond donors (Lipinski definition) is 1. The number of anilines is 1. The van der Waals surface area contributed by atoms with Gasteiger partial charge in [-0.1, -0.05) is 43.3 Å². The molecule has 5 nitrogen and oxygen atoms in total. The molecule has 1 heterocycles. The Balaban J connectivity index is 1.84. The van der Waals surface area contributed by atoms with Crippen LogP contribution in [0.1, 0.15) is 28.5 Å². The lowest BCUT2D eigenvalue weighted by atomic mass is 10.1. The lowest BCUT2D eigenvalue weighted by Crippen LogP contribution is -2.15. The largest absolute Gasteiger partial charge is 0.320 e. The van der Waals surface area contributed by atoms with Crippen LogP contribution in [0.15, 0.2) is 54.7 Å². The molecule has 0 aliphatic carbocycles. The molecular formula is C18H18N4O. The maximum absolute atomic E-state index is 12.5. The second-order valence-corrected chi connectivity index (χ2v) is 5.27. The SMILES string of the molecule is CCc1cccc(C)c1NC(=O)c1cnn(-c2ccccc2)n1. The van der Waals surface area contributed by atoms with E-state index in [0.717, 1.165) is 28.9 Å². The first-order valence-corrected chi connectivity index (χ1v) is 7.56. The molecule has 0 unspecified atom stereocenters. The maximum atomic E-state index is 12.5. The Morgan fingerprint density at radius 2 is 1.91 bits per heavy atom. The molecule has 0 aliphatic rings. The molecule has 0 radical (unpaired) electrons. The van der Waals surface area contributed by atoms with Crippen LogP contribution in [-0.4, -0.2) is 20.9 Å². The fourth-order valence-corrected chi connectivity index (χ4v) is 2.43. The lowest BCUT2D eigenvalue weighted by Gasteiger charge is -2.11. The Hall–Kier alpha value is -2.95. The van der Waals surface area contributed by atoms with E-state index in [9.17, 15) is 4.79 Å². The number of amides is 1. The molecule has 2 aromatic carbocycles. The van der Waals surface area contributed by atoms with Crippen LogP contribution in [0.4, 0.5) is 5.69 Å². The molecule has 5 heteroatoms. The van der Waals surface area contributed by atoms with E-state index in [-0.39, 0.29) is 5.91 Å². The minimum absolute atomic E-state index is 0.254. The third kappa shape index (κ3) is 3.13. The van der Waals surface area contributed by atoms with Crippen molar-refractivity contribution in [3.63, 3.8) is 0 Å². The molecule has 0 saturated carbocycles. The molecule has 1 N–H and O–H groups in total. The van der Waals surface area contributed by atoms with Crippen molar-refractivity contribution >= 4 is 11.6 Å². The minimum atomic E-state index is -0.254. The highest BCUT2D eigenvalue weighted by molar-refractivity contribution is 6.03. The van der Waals surface area contributed by atoms with Crippen LogP contribution in [0.5, 0.6) is 0 Å². The molecule has 3 rings (SSSR count). The predicted molar refractivity (Wildman–Crippen MR) is 89.9 cm³/mol. The van der Waals surface area contributed by atoms with Gasteiger partial charge in [-0.3, -0.25) is 4.79 Å². The van der Waals surface area contributed by atoms with E-state index in [1.165, 1.54) is 11.0 Å². The first-order chi connectivity index (χ1) is 11.2. The second kappa shape index (κ2) is 6.44. The van der Waals surface area contributed by atoms with Gasteiger partial charge in [0.2, 0.25) is 0 Å². The summed E-state index contributed by atoms with van der Waals surface area (Å²) >= 11 is 0. The molecule has 23 heavy (non-hydrogen) atoms. The summed E-state index contributed by atoms with van der Waals surface area (Å²) in [4.78, 5) is 13.9. The van der Waals surface area contributed by atoms with Gasteiger partial charge in [-0.25, -0.2) is 0 Å². The van der Waals surface area contributed by atoms with Crippen molar-refractivity contribution in [3.8, 4) is 5.69 Å². The summed E-state index contributed by atoms with van der Waals surface area (Å²) in [6, 6.07) is 15.5. The molecule has 0 atom stereocenters. The lowest BCUT2D eigenvalue weighted by molar-refractivity contribution is 0.102. The number of benzene rings is 2. The van der Waals surface area contributed by atoms with E-state index in [1.54, 1.807) is 0 Å². The Labute approximate surface area is 135 Å². The number of hydrogen-bond acceptors (Lipinski definition) is 3. The van der Waals surface area contributed by atoms with E-state index in [0.29, 0.717) is 5.69 Å². The molecule has 1 amide bonds. The van der Waals surface area contributed by atoms with Crippen LogP contribution in [-0.2, 0) is 6.42 Å². The number of carbonyl (C=O) groups excluding carboxylic acids is 1. The number of rotatable bonds is 4. The van der Waals surface area contributed by atoms with Crippen molar-refractivity contribution < 1.29 is 4.79 Å². The average molecular weight is 306 g/mol. The third-order valence-corrected chi connectivity index (χ3v) is 3.69. The number of carbonyl (C=O) groups is 1. The Bertz CT molecular complexity index is 824. The minimum Gasteiger partial charge on any atom is -0.320 e. The van der Waals surface area contributed by atoms with Crippen LogP contribution in [0.3, 0.4) is 0 Å². The quantitative estimate of drug-likeness (QED) is 0.803. The molecule has 0 aliphatic heterocycles. The van der Waals surface area contributed by atoms with Crippen LogP contribution in [0, 0.1) is 6.92 Å². The zero-order chi connectivity index (χ0) is 16.2. The van der Waals surface area contributed by atoms with Gasteiger partial charge in [0.25, 0.3) is 5.91 Å². The molecule has 3 aromatic rings. The molecule has 0 saturated heterocycles. The van der Waals surface area contributed by atoms with Crippen LogP contribution in [0.2, 0.25) is 0 Å². The van der Waals surface area contributed by atoms with E-state index in [4.69, 9.17) is 0 Å². The van der Waals surface area contributed by atoms with Crippen molar-refractivity contribution in [1.29, 1.82) is 0 Å². The van der Waals surface area contributed by atoms with Gasteiger partial charge >= 0.3 is 0 Å². The topological polar surface area (TPSA) is 59.8 Å². The molecule has 1 aromatic heterocycles. The maximum Gasteiger partial charge on any atom is 0.277 e. The predicted octanol–water partition coefficient (Wildman–Crippen LogP) is 3.39. The van der Waals surface area contributed by atoms with E-state index in [2.05, 4.69) is 22.4 Å². The van der Waals surface area contributed by atoms with Gasteiger partial charge in [-0.15, -0.1) is 5.10 Å². The van der Waals surface area contributed by atoms with E-state index >= 15 is 0 Å². The van der Waals surface area contributed by atoms with E-state index < -0.39 is 0 Å². The van der Waals surface area contributed by atoms with Crippen molar-refractivity contribution in [1.82, 2.24) is 15.0 Å². The van der Waals surface area contributed by atoms with Gasteiger partial charge in [0, 0.05) is 5.69 Å². The number of nitrogens with one attached hydrogen (secondary N) is 1. The number of aryl methyl sites for hydroxylation is 2. The normalized spacial score (nSPS) is 10.5. The molecular weight excluding hydrogens is 288 g/mol. The van der Waals surface area contributed by atoms with Crippen molar-refractivity contribution in [2.45, 2.75) is 20.3 Å². The highest BCUT2D eigenvalue weighted by Gasteiger charge is 2.14. The highest BCUT2D eigenvalue weighted by Crippen LogP contribution is 2.21. The fraction of sp³-hybridized carbons (Fsp3) is 0.167. The van der Waals surface area contributed by atoms with Crippen LogP contribution < -0.4 is 5.32 Å². The molecule has 0 fully saturated rings. The molecule has 116 valence electrons. The smallest absolute Gasteiger partial charge is 0.277 e. The van der Waals surface area contributed by atoms with Crippen molar-refractivity contribution in [2.24, 2.45) is 0 Å². The zero-order valence-electron chi connectivity index (χ0n) is 13.2. The summed E-state index contributed by atoms with van der Waals surface area (Å²) in [5.41, 5.74) is 4.10. The standard InChI is InChI=1S/C18H18N4O/c1-3-14-9-7-8-13(2)17(14)20-18(23)16-12-19-22(21-16)15-10-5-4-6-11-15/h4-12H,3H2,1-2H3,(H,20,23).